The van der Waals surface area contributed by atoms with E-state index in [9.17, 15) is 19.0 Å². The van der Waals surface area contributed by atoms with Crippen molar-refractivity contribution in [3.05, 3.63) is 122 Å². The minimum absolute atomic E-state index is 0.0360. The van der Waals surface area contributed by atoms with Gasteiger partial charge in [0.2, 0.25) is 5.91 Å². The molecule has 9 nitrogen and oxygen atoms in total. The van der Waals surface area contributed by atoms with Gasteiger partial charge in [-0.15, -0.1) is 0 Å². The number of carbonyl (C=O) groups excluding carboxylic acids is 2. The fourth-order valence-corrected chi connectivity index (χ4v) is 9.08. The molecule has 0 spiro atoms. The fourth-order valence-electron chi connectivity index (χ4n) is 8.36. The van der Waals surface area contributed by atoms with Crippen LogP contribution in [0.5, 0.6) is 0 Å². The quantitative estimate of drug-likeness (QED) is 0.0212. The molecule has 0 aromatic carbocycles. The van der Waals surface area contributed by atoms with Crippen LogP contribution >= 0.6 is 7.82 Å². The van der Waals surface area contributed by atoms with E-state index in [1.54, 1.807) is 0 Å². The van der Waals surface area contributed by atoms with Crippen LogP contribution in [0.3, 0.4) is 0 Å². The molecule has 1 N–H and O–H groups in total. The smallest absolute Gasteiger partial charge is 0.306 e. The number of amides is 1. The van der Waals surface area contributed by atoms with E-state index >= 15 is 0 Å². The van der Waals surface area contributed by atoms with Crippen molar-refractivity contribution in [3.8, 4) is 0 Å². The number of unbranched alkanes of at least 4 members (excludes halogenated alkanes) is 21. The van der Waals surface area contributed by atoms with E-state index in [4.69, 9.17) is 13.8 Å². The normalized spacial score (nSPS) is 14.5. The van der Waals surface area contributed by atoms with Crippen LogP contribution in [-0.2, 0) is 27.9 Å². The Morgan fingerprint density at radius 2 is 0.821 bits per heavy atom. The lowest BCUT2D eigenvalue weighted by atomic mass is 10.0. The number of likely N-dealkylation sites (N-methyl/N-ethyl adjacent to an activating group) is 1. The number of nitrogens with one attached hydrogen (secondary N) is 1. The maximum absolute atomic E-state index is 13.5. The Bertz CT molecular complexity index is 1750. The average Bonchev–Trinajstić information content (AvgIpc) is 3.40. The van der Waals surface area contributed by atoms with Crippen LogP contribution in [0, 0.1) is 0 Å². The Hall–Kier alpha value is -3.59. The van der Waals surface area contributed by atoms with Crippen molar-refractivity contribution in [3.63, 3.8) is 0 Å². The zero-order valence-corrected chi connectivity index (χ0v) is 51.7. The van der Waals surface area contributed by atoms with Crippen molar-refractivity contribution in [2.45, 2.75) is 258 Å². The average molecular weight is 1110 g/mol. The molecular formula is C68H117N2O7P. The molecular weight excluding hydrogens is 988 g/mol. The van der Waals surface area contributed by atoms with E-state index in [1.807, 2.05) is 33.3 Å². The first-order valence-corrected chi connectivity index (χ1v) is 32.8. The Balaban J connectivity index is 5.34. The molecule has 0 fully saturated rings. The van der Waals surface area contributed by atoms with Crippen LogP contribution in [-0.4, -0.2) is 69.4 Å². The second-order valence-electron chi connectivity index (χ2n) is 21.8. The van der Waals surface area contributed by atoms with Gasteiger partial charge >= 0.3 is 5.97 Å². The molecule has 0 saturated heterocycles. The van der Waals surface area contributed by atoms with E-state index in [1.165, 1.54) is 57.8 Å². The molecule has 0 heterocycles. The highest BCUT2D eigenvalue weighted by Crippen LogP contribution is 2.38. The number of carbonyl (C=O) groups is 2. The van der Waals surface area contributed by atoms with Gasteiger partial charge in [-0.3, -0.25) is 14.2 Å². The number of quaternary nitrogens is 1. The lowest BCUT2D eigenvalue weighted by Crippen LogP contribution is -2.47. The van der Waals surface area contributed by atoms with Gasteiger partial charge in [0.25, 0.3) is 7.82 Å². The minimum atomic E-state index is -4.72. The van der Waals surface area contributed by atoms with Crippen LogP contribution in [0.15, 0.2) is 122 Å². The highest BCUT2D eigenvalue weighted by molar-refractivity contribution is 7.45. The fraction of sp³-hybridized carbons (Fsp3) is 0.676. The van der Waals surface area contributed by atoms with Gasteiger partial charge in [0, 0.05) is 12.8 Å². The SMILES string of the molecule is CC/C=C\C/C=C\C/C=C\C/C=C\C/C=C\C/C=C\CCCCCCC(=O)OC(/C=C\CCCCCCCCCCCCC)C(COP(=O)([O-])OCC[N+](C)(C)C)NC(=O)CCCCCCCC/C=C/C/C=C/C/C=C/CC. The molecule has 0 radical (unpaired) electrons. The van der Waals surface area contributed by atoms with Crippen molar-refractivity contribution >= 4 is 19.7 Å². The van der Waals surface area contributed by atoms with Crippen LogP contribution in [0.2, 0.25) is 0 Å². The third kappa shape index (κ3) is 57.1. The summed E-state index contributed by atoms with van der Waals surface area (Å²) in [6.07, 6.45) is 78.8. The largest absolute Gasteiger partial charge is 0.756 e. The summed E-state index contributed by atoms with van der Waals surface area (Å²) >= 11 is 0. The first-order valence-electron chi connectivity index (χ1n) is 31.3. The van der Waals surface area contributed by atoms with Crippen LogP contribution in [0.4, 0.5) is 0 Å². The van der Waals surface area contributed by atoms with Crippen molar-refractivity contribution in [1.29, 1.82) is 0 Å². The predicted octanol–water partition coefficient (Wildman–Crippen LogP) is 18.9. The number of esters is 1. The lowest BCUT2D eigenvalue weighted by Gasteiger charge is -2.30. The third-order valence-electron chi connectivity index (χ3n) is 13.1. The standard InChI is InChI=1S/C68H117N2O7P/c1-7-10-13-16-19-22-25-28-30-32-33-34-35-36-37-38-40-43-46-49-52-55-58-61-68(72)77-66(59-56-53-50-47-44-41-27-24-21-18-15-12-9-3)65(64-76-78(73,74)75-63-62-70(4,5)6)69-67(71)60-57-54-51-48-45-42-39-31-29-26-23-20-17-14-11-8-2/h10-11,13-14,19-20,22-23,28-31,33-34,36-37,40,43,56,59,65-66H,7-9,12,15-18,21,24-27,32,35,38-39,41-42,44-55,57-58,60-64H2,1-6H3,(H-,69,71,73,74)/b13-10-,14-11+,22-19-,23-20+,30-28-,31-29+,34-33-,37-36-,43-40-,59-56-. The van der Waals surface area contributed by atoms with Crippen molar-refractivity contribution in [2.75, 3.05) is 40.9 Å². The first-order chi connectivity index (χ1) is 37.9. The summed E-state index contributed by atoms with van der Waals surface area (Å²) in [6, 6.07) is -0.915. The lowest BCUT2D eigenvalue weighted by molar-refractivity contribution is -0.870. The van der Waals surface area contributed by atoms with Crippen LogP contribution in [0.1, 0.15) is 245 Å². The van der Waals surface area contributed by atoms with E-state index in [2.05, 4.69) is 135 Å². The summed E-state index contributed by atoms with van der Waals surface area (Å²) in [5.41, 5.74) is 0. The summed E-state index contributed by atoms with van der Waals surface area (Å²) < 4.78 is 30.3. The van der Waals surface area contributed by atoms with E-state index in [0.717, 1.165) is 141 Å². The molecule has 0 aliphatic heterocycles. The minimum Gasteiger partial charge on any atom is -0.756 e. The summed E-state index contributed by atoms with van der Waals surface area (Å²) in [4.78, 5) is 40.0. The molecule has 3 atom stereocenters. The molecule has 3 unspecified atom stereocenters. The number of allylic oxidation sites excluding steroid dienone is 19. The van der Waals surface area contributed by atoms with E-state index < -0.39 is 26.6 Å². The molecule has 0 aliphatic carbocycles. The molecule has 0 aliphatic rings. The molecule has 0 rings (SSSR count). The molecule has 78 heavy (non-hydrogen) atoms. The monoisotopic (exact) mass is 1100 g/mol. The van der Waals surface area contributed by atoms with Crippen LogP contribution < -0.4 is 10.2 Å². The maximum Gasteiger partial charge on any atom is 0.306 e. The molecule has 0 bridgehead atoms. The number of rotatable bonds is 55. The molecule has 0 saturated carbocycles. The second kappa shape index (κ2) is 56.7. The summed E-state index contributed by atoms with van der Waals surface area (Å²) in [6.45, 7) is 6.58. The van der Waals surface area contributed by atoms with E-state index in [-0.39, 0.29) is 31.3 Å². The molecule has 0 aromatic rings. The summed E-state index contributed by atoms with van der Waals surface area (Å²) in [5.74, 6) is -0.592. The highest BCUT2D eigenvalue weighted by Gasteiger charge is 2.27. The number of phosphoric acid groups is 1. The Labute approximate surface area is 480 Å². The van der Waals surface area contributed by atoms with Gasteiger partial charge in [0.05, 0.1) is 33.8 Å². The van der Waals surface area contributed by atoms with Gasteiger partial charge in [0.15, 0.2) is 0 Å². The van der Waals surface area contributed by atoms with Gasteiger partial charge in [-0.1, -0.05) is 239 Å². The van der Waals surface area contributed by atoms with Gasteiger partial charge in [-0.2, -0.15) is 0 Å². The van der Waals surface area contributed by atoms with Gasteiger partial charge in [-0.25, -0.2) is 0 Å². The number of ether oxygens (including phenoxy) is 1. The topological polar surface area (TPSA) is 114 Å². The zero-order chi connectivity index (χ0) is 57.2. The van der Waals surface area contributed by atoms with Crippen LogP contribution in [0.25, 0.3) is 0 Å². The third-order valence-corrected chi connectivity index (χ3v) is 14.1. The predicted molar refractivity (Wildman–Crippen MR) is 334 cm³/mol. The van der Waals surface area contributed by atoms with Crippen molar-refractivity contribution in [2.24, 2.45) is 0 Å². The second-order valence-corrected chi connectivity index (χ2v) is 23.2. The Morgan fingerprint density at radius 1 is 0.462 bits per heavy atom. The maximum atomic E-state index is 13.5. The van der Waals surface area contributed by atoms with Gasteiger partial charge in [-0.05, 0) is 115 Å². The summed E-state index contributed by atoms with van der Waals surface area (Å²) in [7, 11) is 1.14. The Morgan fingerprint density at radius 3 is 1.23 bits per heavy atom. The number of hydrogen-bond donors (Lipinski definition) is 1. The molecule has 0 aromatic heterocycles. The molecule has 446 valence electrons. The molecule has 1 amide bonds. The Kier molecular flexibility index (Phi) is 54.1. The van der Waals surface area contributed by atoms with Gasteiger partial charge < -0.3 is 28.5 Å². The van der Waals surface area contributed by atoms with E-state index in [0.29, 0.717) is 23.9 Å². The molecule has 10 heteroatoms. The first kappa shape index (κ1) is 74.4. The van der Waals surface area contributed by atoms with Crippen molar-refractivity contribution < 1.29 is 37.3 Å². The zero-order valence-electron chi connectivity index (χ0n) is 50.8. The number of hydrogen-bond acceptors (Lipinski definition) is 7. The highest BCUT2D eigenvalue weighted by atomic mass is 31.2. The van der Waals surface area contributed by atoms with Gasteiger partial charge in [0.1, 0.15) is 19.3 Å². The van der Waals surface area contributed by atoms with Crippen molar-refractivity contribution in [1.82, 2.24) is 5.32 Å². The number of phosphoric ester groups is 1. The number of nitrogens with zero attached hydrogens (tertiary/aromatic N) is 1. The summed E-state index contributed by atoms with van der Waals surface area (Å²) in [5, 5.41) is 3.01.